The molecule has 2 rings (SSSR count). The second kappa shape index (κ2) is 7.09. The Kier molecular flexibility index (Phi) is 5.68. The summed E-state index contributed by atoms with van der Waals surface area (Å²) in [6, 6.07) is 6.48. The monoisotopic (exact) mass is 338 g/mol. The van der Waals surface area contributed by atoms with E-state index in [9.17, 15) is 5.11 Å². The Morgan fingerprint density at radius 2 is 2.10 bits per heavy atom. The minimum Gasteiger partial charge on any atom is -0.390 e. The summed E-state index contributed by atoms with van der Waals surface area (Å²) in [5.74, 6) is 0.678. The minimum atomic E-state index is -0.477. The van der Waals surface area contributed by atoms with Crippen LogP contribution in [0.15, 0.2) is 22.7 Å². The van der Waals surface area contributed by atoms with Crippen LogP contribution in [0.1, 0.15) is 63.5 Å². The number of fused-ring (bicyclic) bond motifs is 1. The van der Waals surface area contributed by atoms with Gasteiger partial charge in [0.2, 0.25) is 0 Å². The zero-order valence-corrected chi connectivity index (χ0v) is 14.4. The van der Waals surface area contributed by atoms with Gasteiger partial charge in [0.05, 0.1) is 5.60 Å². The molecule has 0 radical (unpaired) electrons. The van der Waals surface area contributed by atoms with Gasteiger partial charge in [0.25, 0.3) is 0 Å². The number of benzene rings is 1. The van der Waals surface area contributed by atoms with Crippen LogP contribution in [-0.2, 0) is 12.8 Å². The normalized spacial score (nSPS) is 23.4. The second-order valence-corrected chi connectivity index (χ2v) is 7.35. The number of halogens is 1. The number of rotatable bonds is 6. The molecule has 0 fully saturated rings. The molecule has 1 nitrogen and oxygen atoms in total. The first-order valence-electron chi connectivity index (χ1n) is 8.06. The number of hydrogen-bond acceptors (Lipinski definition) is 1. The summed E-state index contributed by atoms with van der Waals surface area (Å²) in [5, 5.41) is 11.0. The fraction of sp³-hybridized carbons (Fsp3) is 0.667. The highest BCUT2D eigenvalue weighted by atomic mass is 79.9. The zero-order chi connectivity index (χ0) is 14.6. The molecule has 0 aromatic heterocycles. The molecule has 0 saturated carbocycles. The van der Waals surface area contributed by atoms with E-state index in [0.29, 0.717) is 5.92 Å². The highest BCUT2D eigenvalue weighted by Crippen LogP contribution is 2.36. The van der Waals surface area contributed by atoms with Crippen LogP contribution in [0.25, 0.3) is 0 Å². The van der Waals surface area contributed by atoms with E-state index in [0.717, 1.165) is 30.2 Å². The van der Waals surface area contributed by atoms with Crippen molar-refractivity contribution in [1.82, 2.24) is 0 Å². The van der Waals surface area contributed by atoms with Crippen LogP contribution in [0.4, 0.5) is 0 Å². The fourth-order valence-electron chi connectivity index (χ4n) is 3.46. The van der Waals surface area contributed by atoms with E-state index >= 15 is 0 Å². The van der Waals surface area contributed by atoms with Crippen molar-refractivity contribution < 1.29 is 5.11 Å². The van der Waals surface area contributed by atoms with E-state index < -0.39 is 5.60 Å². The van der Waals surface area contributed by atoms with E-state index in [2.05, 4.69) is 48.0 Å². The van der Waals surface area contributed by atoms with Gasteiger partial charge in [-0.25, -0.2) is 0 Å². The standard InChI is InChI=1S/C18H27BrO/c1-3-5-6-14(4-2)12-18(20)10-9-15-11-17(19)8-7-16(15)13-18/h7-8,11,14,20H,3-6,9-10,12-13H2,1-2H3. The van der Waals surface area contributed by atoms with E-state index in [1.54, 1.807) is 0 Å². The molecule has 1 aliphatic rings. The van der Waals surface area contributed by atoms with Gasteiger partial charge in [-0.1, -0.05) is 61.5 Å². The Balaban J connectivity index is 2.03. The molecule has 0 saturated heterocycles. The van der Waals surface area contributed by atoms with Crippen LogP contribution in [0.5, 0.6) is 0 Å². The molecule has 0 aliphatic heterocycles. The number of unbranched alkanes of at least 4 members (excludes halogenated alkanes) is 1. The lowest BCUT2D eigenvalue weighted by Crippen LogP contribution is -2.37. The minimum absolute atomic E-state index is 0.477. The van der Waals surface area contributed by atoms with Crippen molar-refractivity contribution in [3.8, 4) is 0 Å². The maximum atomic E-state index is 11.0. The van der Waals surface area contributed by atoms with Crippen molar-refractivity contribution in [3.63, 3.8) is 0 Å². The lowest BCUT2D eigenvalue weighted by molar-refractivity contribution is 0.000611. The average molecular weight is 339 g/mol. The molecule has 1 aliphatic carbocycles. The topological polar surface area (TPSA) is 20.2 Å². The van der Waals surface area contributed by atoms with Gasteiger partial charge >= 0.3 is 0 Å². The highest BCUT2D eigenvalue weighted by Gasteiger charge is 2.33. The van der Waals surface area contributed by atoms with Gasteiger partial charge in [-0.15, -0.1) is 0 Å². The molecule has 20 heavy (non-hydrogen) atoms. The van der Waals surface area contributed by atoms with E-state index in [1.165, 1.54) is 36.8 Å². The number of hydrogen-bond donors (Lipinski definition) is 1. The highest BCUT2D eigenvalue weighted by molar-refractivity contribution is 9.10. The number of aryl methyl sites for hydroxylation is 1. The van der Waals surface area contributed by atoms with E-state index in [1.807, 2.05) is 0 Å². The Bertz CT molecular complexity index is 443. The van der Waals surface area contributed by atoms with Gasteiger partial charge in [-0.2, -0.15) is 0 Å². The third-order valence-corrected chi connectivity index (χ3v) is 5.25. The summed E-state index contributed by atoms with van der Waals surface area (Å²) in [4.78, 5) is 0. The quantitative estimate of drug-likeness (QED) is 0.748. The zero-order valence-electron chi connectivity index (χ0n) is 12.8. The molecular weight excluding hydrogens is 312 g/mol. The van der Waals surface area contributed by atoms with Crippen molar-refractivity contribution in [2.24, 2.45) is 5.92 Å². The van der Waals surface area contributed by atoms with Gasteiger partial charge in [0, 0.05) is 10.9 Å². The molecule has 2 atom stereocenters. The largest absolute Gasteiger partial charge is 0.390 e. The van der Waals surface area contributed by atoms with Crippen molar-refractivity contribution in [2.75, 3.05) is 0 Å². The predicted octanol–water partition coefficient (Wildman–Crippen LogP) is 5.28. The summed E-state index contributed by atoms with van der Waals surface area (Å²) in [6.45, 7) is 4.51. The summed E-state index contributed by atoms with van der Waals surface area (Å²) >= 11 is 3.54. The Morgan fingerprint density at radius 3 is 2.80 bits per heavy atom. The van der Waals surface area contributed by atoms with Gasteiger partial charge in [0.1, 0.15) is 0 Å². The van der Waals surface area contributed by atoms with E-state index in [4.69, 9.17) is 0 Å². The van der Waals surface area contributed by atoms with Gasteiger partial charge in [-0.3, -0.25) is 0 Å². The fourth-order valence-corrected chi connectivity index (χ4v) is 3.87. The molecule has 0 spiro atoms. The van der Waals surface area contributed by atoms with Crippen LogP contribution >= 0.6 is 15.9 Å². The summed E-state index contributed by atoms with van der Waals surface area (Å²) in [6.07, 6.45) is 8.73. The SMILES string of the molecule is CCCCC(CC)CC1(O)CCc2cc(Br)ccc2C1. The first-order chi connectivity index (χ1) is 9.56. The smallest absolute Gasteiger partial charge is 0.0693 e. The summed E-state index contributed by atoms with van der Waals surface area (Å²) in [5.41, 5.74) is 2.27. The van der Waals surface area contributed by atoms with Gasteiger partial charge in [0.15, 0.2) is 0 Å². The molecular formula is C18H27BrO. The van der Waals surface area contributed by atoms with Crippen molar-refractivity contribution in [3.05, 3.63) is 33.8 Å². The molecule has 0 heterocycles. The van der Waals surface area contributed by atoms with Crippen molar-refractivity contribution in [1.29, 1.82) is 0 Å². The lowest BCUT2D eigenvalue weighted by atomic mass is 9.74. The molecule has 0 bridgehead atoms. The Hall–Kier alpha value is -0.340. The Morgan fingerprint density at radius 1 is 1.30 bits per heavy atom. The maximum absolute atomic E-state index is 11.0. The average Bonchev–Trinajstić information content (AvgIpc) is 2.44. The van der Waals surface area contributed by atoms with E-state index in [-0.39, 0.29) is 0 Å². The van der Waals surface area contributed by atoms with Crippen LogP contribution in [0.2, 0.25) is 0 Å². The molecule has 1 aromatic rings. The summed E-state index contributed by atoms with van der Waals surface area (Å²) in [7, 11) is 0. The van der Waals surface area contributed by atoms with Crippen molar-refractivity contribution in [2.45, 2.75) is 70.8 Å². The molecule has 1 aromatic carbocycles. The summed E-state index contributed by atoms with van der Waals surface area (Å²) < 4.78 is 1.15. The number of aliphatic hydroxyl groups is 1. The van der Waals surface area contributed by atoms with Crippen LogP contribution in [0, 0.1) is 5.92 Å². The third-order valence-electron chi connectivity index (χ3n) is 4.76. The first-order valence-corrected chi connectivity index (χ1v) is 8.85. The molecule has 2 unspecified atom stereocenters. The molecule has 1 N–H and O–H groups in total. The second-order valence-electron chi connectivity index (χ2n) is 6.43. The third kappa shape index (κ3) is 4.08. The first kappa shape index (κ1) is 16.0. The Labute approximate surface area is 131 Å². The van der Waals surface area contributed by atoms with Crippen LogP contribution < -0.4 is 0 Å². The molecule has 0 amide bonds. The predicted molar refractivity (Wildman–Crippen MR) is 89.0 cm³/mol. The van der Waals surface area contributed by atoms with Crippen LogP contribution in [0.3, 0.4) is 0 Å². The lowest BCUT2D eigenvalue weighted by Gasteiger charge is -2.36. The molecule has 112 valence electrons. The van der Waals surface area contributed by atoms with Crippen molar-refractivity contribution >= 4 is 15.9 Å². The van der Waals surface area contributed by atoms with Gasteiger partial charge < -0.3 is 5.11 Å². The maximum Gasteiger partial charge on any atom is 0.0693 e. The van der Waals surface area contributed by atoms with Crippen LogP contribution in [-0.4, -0.2) is 10.7 Å². The van der Waals surface area contributed by atoms with Gasteiger partial charge in [-0.05, 0) is 48.4 Å². The molecule has 2 heteroatoms.